The number of benzene rings is 1. The zero-order valence-corrected chi connectivity index (χ0v) is 9.77. The average Bonchev–Trinajstić information content (AvgIpc) is 2.39. The molecule has 0 saturated heterocycles. The van der Waals surface area contributed by atoms with E-state index in [1.807, 2.05) is 0 Å². The minimum absolute atomic E-state index is 0.0698. The van der Waals surface area contributed by atoms with E-state index in [2.05, 4.69) is 0 Å². The van der Waals surface area contributed by atoms with Crippen LogP contribution in [-0.2, 0) is 11.3 Å². The first-order valence-electron chi connectivity index (χ1n) is 5.17. The number of rotatable bonds is 7. The summed E-state index contributed by atoms with van der Waals surface area (Å²) in [6, 6.07) is 3.95. The fraction of sp³-hybridized carbons (Fsp3) is 0.455. The summed E-state index contributed by atoms with van der Waals surface area (Å²) in [5.41, 5.74) is 0.373. The number of ether oxygens (including phenoxy) is 2. The minimum Gasteiger partial charge on any atom is -0.496 e. The van der Waals surface area contributed by atoms with Gasteiger partial charge in [0.05, 0.1) is 24.7 Å². The van der Waals surface area contributed by atoms with Crippen LogP contribution in [0.3, 0.4) is 0 Å². The molecule has 1 aromatic rings. The Kier molecular flexibility index (Phi) is 5.44. The molecule has 0 spiro atoms. The van der Waals surface area contributed by atoms with Gasteiger partial charge in [0.25, 0.3) is 5.69 Å². The maximum absolute atomic E-state index is 12.2. The second kappa shape index (κ2) is 6.85. The van der Waals surface area contributed by atoms with Gasteiger partial charge in [0, 0.05) is 11.6 Å². The third-order valence-corrected chi connectivity index (χ3v) is 2.30. The van der Waals surface area contributed by atoms with Crippen molar-refractivity contribution in [2.75, 3.05) is 20.5 Å². The van der Waals surface area contributed by atoms with Gasteiger partial charge in [0.2, 0.25) is 0 Å². The van der Waals surface area contributed by atoms with Gasteiger partial charge in [-0.1, -0.05) is 0 Å². The first kappa shape index (κ1) is 14.3. The largest absolute Gasteiger partial charge is 0.496 e. The van der Waals surface area contributed by atoms with Crippen LogP contribution in [0.2, 0.25) is 0 Å². The molecule has 0 unspecified atom stereocenters. The highest BCUT2D eigenvalue weighted by atomic mass is 19.1. The molecule has 0 radical (unpaired) electrons. The summed E-state index contributed by atoms with van der Waals surface area (Å²) in [5.74, 6) is 0.251. The van der Waals surface area contributed by atoms with Crippen LogP contribution in [-0.4, -0.2) is 31.5 Å². The predicted octanol–water partition coefficient (Wildman–Crippen LogP) is 2.43. The van der Waals surface area contributed by atoms with Gasteiger partial charge in [-0.15, -0.1) is 0 Å². The van der Waals surface area contributed by atoms with Crippen LogP contribution >= 0.6 is 0 Å². The summed E-state index contributed by atoms with van der Waals surface area (Å²) in [4.78, 5) is 10.0. The SMILES string of the molecule is COc1cc([N+](=O)[O-])ccc1COC(CF)CF. The van der Waals surface area contributed by atoms with Gasteiger partial charge in [-0.2, -0.15) is 0 Å². The molecule has 1 aromatic carbocycles. The standard InChI is InChI=1S/C11H13F2NO4/c1-17-11-4-9(14(15)16)3-2-8(11)7-18-10(5-12)6-13/h2-4,10H,5-7H2,1H3. The molecule has 0 saturated carbocycles. The second-order valence-corrected chi connectivity index (χ2v) is 3.49. The number of non-ortho nitro benzene ring substituents is 1. The van der Waals surface area contributed by atoms with Crippen molar-refractivity contribution in [1.29, 1.82) is 0 Å². The summed E-state index contributed by atoms with van der Waals surface area (Å²) >= 11 is 0. The summed E-state index contributed by atoms with van der Waals surface area (Å²) in [5, 5.41) is 10.6. The highest BCUT2D eigenvalue weighted by Crippen LogP contribution is 2.25. The molecule has 0 heterocycles. The Bertz CT molecular complexity index is 410. The number of nitrogens with zero attached hydrogens (tertiary/aromatic N) is 1. The number of nitro groups is 1. The molecule has 0 aliphatic rings. The molecule has 1 rings (SSSR count). The molecule has 0 aromatic heterocycles. The van der Waals surface area contributed by atoms with E-state index >= 15 is 0 Å². The lowest BCUT2D eigenvalue weighted by Crippen LogP contribution is -2.17. The number of hydrogen-bond donors (Lipinski definition) is 0. The monoisotopic (exact) mass is 261 g/mol. The molecule has 0 N–H and O–H groups in total. The second-order valence-electron chi connectivity index (χ2n) is 3.49. The highest BCUT2D eigenvalue weighted by Gasteiger charge is 2.14. The summed E-state index contributed by atoms with van der Waals surface area (Å²) in [6.45, 7) is -1.92. The van der Waals surface area contributed by atoms with Crippen molar-refractivity contribution in [3.63, 3.8) is 0 Å². The molecular weight excluding hydrogens is 248 g/mol. The van der Waals surface area contributed by atoms with Crippen molar-refractivity contribution in [2.24, 2.45) is 0 Å². The van der Waals surface area contributed by atoms with Gasteiger partial charge < -0.3 is 9.47 Å². The molecule has 0 aliphatic carbocycles. The molecule has 0 fully saturated rings. The number of halogens is 2. The first-order chi connectivity index (χ1) is 8.62. The van der Waals surface area contributed by atoms with E-state index in [1.54, 1.807) is 0 Å². The number of alkyl halides is 2. The molecule has 100 valence electrons. The lowest BCUT2D eigenvalue weighted by Gasteiger charge is -2.12. The third-order valence-electron chi connectivity index (χ3n) is 2.30. The zero-order valence-electron chi connectivity index (χ0n) is 9.77. The van der Waals surface area contributed by atoms with Crippen molar-refractivity contribution in [3.05, 3.63) is 33.9 Å². The molecule has 18 heavy (non-hydrogen) atoms. The Hall–Kier alpha value is -1.76. The van der Waals surface area contributed by atoms with Crippen molar-refractivity contribution >= 4 is 5.69 Å². The maximum Gasteiger partial charge on any atom is 0.273 e. The van der Waals surface area contributed by atoms with Crippen molar-refractivity contribution in [1.82, 2.24) is 0 Å². The lowest BCUT2D eigenvalue weighted by molar-refractivity contribution is -0.384. The topological polar surface area (TPSA) is 61.6 Å². The molecule has 0 atom stereocenters. The van der Waals surface area contributed by atoms with E-state index in [0.717, 1.165) is 0 Å². The number of nitro benzene ring substituents is 1. The van der Waals surface area contributed by atoms with Gasteiger partial charge in [-0.05, 0) is 6.07 Å². The Balaban J connectivity index is 2.79. The van der Waals surface area contributed by atoms with Gasteiger partial charge in [-0.25, -0.2) is 8.78 Å². The van der Waals surface area contributed by atoms with Gasteiger partial charge in [0.15, 0.2) is 0 Å². The molecular formula is C11H13F2NO4. The van der Waals surface area contributed by atoms with Gasteiger partial charge >= 0.3 is 0 Å². The highest BCUT2D eigenvalue weighted by molar-refractivity contribution is 5.44. The fourth-order valence-electron chi connectivity index (χ4n) is 1.30. The van der Waals surface area contributed by atoms with Crippen LogP contribution in [0, 0.1) is 10.1 Å². The van der Waals surface area contributed by atoms with E-state index in [1.165, 1.54) is 25.3 Å². The predicted molar refractivity (Wildman–Crippen MR) is 60.2 cm³/mol. The summed E-state index contributed by atoms with van der Waals surface area (Å²) in [6.07, 6.45) is -1.12. The zero-order chi connectivity index (χ0) is 13.5. The van der Waals surface area contributed by atoms with E-state index < -0.39 is 24.4 Å². The van der Waals surface area contributed by atoms with E-state index in [-0.39, 0.29) is 18.0 Å². The quantitative estimate of drug-likeness (QED) is 0.558. The molecule has 0 bridgehead atoms. The van der Waals surface area contributed by atoms with Crippen LogP contribution in [0.4, 0.5) is 14.5 Å². The molecule has 7 heteroatoms. The molecule has 5 nitrogen and oxygen atoms in total. The number of methoxy groups -OCH3 is 1. The normalized spacial score (nSPS) is 10.7. The third kappa shape index (κ3) is 3.63. The van der Waals surface area contributed by atoms with Crippen LogP contribution < -0.4 is 4.74 Å². The van der Waals surface area contributed by atoms with E-state index in [0.29, 0.717) is 5.56 Å². The molecule has 0 aliphatic heterocycles. The Morgan fingerprint density at radius 2 is 2.06 bits per heavy atom. The fourth-order valence-corrected chi connectivity index (χ4v) is 1.30. The van der Waals surface area contributed by atoms with Crippen molar-refractivity contribution < 1.29 is 23.2 Å². The summed E-state index contributed by atoms with van der Waals surface area (Å²) in [7, 11) is 1.35. The van der Waals surface area contributed by atoms with Gasteiger partial charge in [0.1, 0.15) is 25.2 Å². The minimum atomic E-state index is -1.12. The van der Waals surface area contributed by atoms with E-state index in [4.69, 9.17) is 9.47 Å². The first-order valence-corrected chi connectivity index (χ1v) is 5.17. The molecule has 0 amide bonds. The average molecular weight is 261 g/mol. The maximum atomic E-state index is 12.2. The summed E-state index contributed by atoms with van der Waals surface area (Å²) < 4.78 is 34.4. The smallest absolute Gasteiger partial charge is 0.273 e. The van der Waals surface area contributed by atoms with Crippen molar-refractivity contribution in [3.8, 4) is 5.75 Å². The van der Waals surface area contributed by atoms with Crippen LogP contribution in [0.15, 0.2) is 18.2 Å². The lowest BCUT2D eigenvalue weighted by atomic mass is 10.2. The Morgan fingerprint density at radius 3 is 2.56 bits per heavy atom. The van der Waals surface area contributed by atoms with Crippen LogP contribution in [0.1, 0.15) is 5.56 Å². The Morgan fingerprint density at radius 1 is 1.39 bits per heavy atom. The van der Waals surface area contributed by atoms with Crippen molar-refractivity contribution in [2.45, 2.75) is 12.7 Å². The van der Waals surface area contributed by atoms with Crippen LogP contribution in [0.5, 0.6) is 5.75 Å². The number of hydrogen-bond acceptors (Lipinski definition) is 4. The Labute approximate surface area is 102 Å². The van der Waals surface area contributed by atoms with Gasteiger partial charge in [-0.3, -0.25) is 10.1 Å². The van der Waals surface area contributed by atoms with Crippen LogP contribution in [0.25, 0.3) is 0 Å². The van der Waals surface area contributed by atoms with E-state index in [9.17, 15) is 18.9 Å².